The fourth-order valence-electron chi connectivity index (χ4n) is 3.65. The molecule has 0 amide bonds. The molecule has 0 atom stereocenters. The van der Waals surface area contributed by atoms with Gasteiger partial charge < -0.3 is 10.2 Å². The van der Waals surface area contributed by atoms with Gasteiger partial charge in [-0.05, 0) is 48.5 Å². The van der Waals surface area contributed by atoms with Gasteiger partial charge in [0.15, 0.2) is 5.69 Å². The lowest BCUT2D eigenvalue weighted by molar-refractivity contribution is -0.141. The topological polar surface area (TPSA) is 102 Å². The molecule has 0 unspecified atom stereocenters. The number of piperazine rings is 1. The third kappa shape index (κ3) is 5.97. The van der Waals surface area contributed by atoms with Gasteiger partial charge in [0, 0.05) is 37.9 Å². The standard InChI is InChI=1S/C23H18F6N6O2S/c24-22(25,26)16-3-7-18(8-4-16)38(36,37)35-11-9-34(10-12-35)21-32-19(23(27,28)29)13-20(33-21)31-17-5-1-15(14-30)2-6-17/h1-8,13H,9-12H2,(H,31,32,33). The monoisotopic (exact) mass is 556 g/mol. The Morgan fingerprint density at radius 2 is 1.45 bits per heavy atom. The summed E-state index contributed by atoms with van der Waals surface area (Å²) in [6.07, 6.45) is -9.40. The smallest absolute Gasteiger partial charge is 0.340 e. The Morgan fingerprint density at radius 3 is 1.97 bits per heavy atom. The highest BCUT2D eigenvalue weighted by Gasteiger charge is 2.36. The van der Waals surface area contributed by atoms with E-state index in [0.717, 1.165) is 22.5 Å². The Hall–Kier alpha value is -3.90. The van der Waals surface area contributed by atoms with Gasteiger partial charge in [-0.3, -0.25) is 0 Å². The zero-order chi connectivity index (χ0) is 27.7. The Kier molecular flexibility index (Phi) is 7.22. The number of sulfonamides is 1. The minimum absolute atomic E-state index is 0.0581. The molecule has 200 valence electrons. The van der Waals surface area contributed by atoms with Gasteiger partial charge in [-0.1, -0.05) is 0 Å². The van der Waals surface area contributed by atoms with Crippen molar-refractivity contribution in [3.05, 3.63) is 71.4 Å². The molecule has 0 aliphatic carbocycles. The molecule has 0 bridgehead atoms. The Bertz CT molecular complexity index is 1440. The minimum Gasteiger partial charge on any atom is -0.340 e. The number of alkyl halides is 6. The SMILES string of the molecule is N#Cc1ccc(Nc2cc(C(F)(F)F)nc(N3CCN(S(=O)(=O)c4ccc(C(F)(F)F)cc4)CC3)n2)cc1. The summed E-state index contributed by atoms with van der Waals surface area (Å²) in [5.41, 5.74) is -1.46. The molecule has 1 aliphatic heterocycles. The van der Waals surface area contributed by atoms with Crippen molar-refractivity contribution in [2.24, 2.45) is 0 Å². The predicted octanol–water partition coefficient (Wildman–Crippen LogP) is 4.64. The average molecular weight is 556 g/mol. The summed E-state index contributed by atoms with van der Waals surface area (Å²) >= 11 is 0. The summed E-state index contributed by atoms with van der Waals surface area (Å²) < 4.78 is 106. The molecule has 4 rings (SSSR count). The van der Waals surface area contributed by atoms with Crippen LogP contribution in [0.4, 0.5) is 43.8 Å². The van der Waals surface area contributed by atoms with Crippen LogP contribution in [0.25, 0.3) is 0 Å². The van der Waals surface area contributed by atoms with Crippen molar-refractivity contribution in [3.63, 3.8) is 0 Å². The highest BCUT2D eigenvalue weighted by atomic mass is 32.2. The fraction of sp³-hybridized carbons (Fsp3) is 0.261. The number of nitrogens with one attached hydrogen (secondary N) is 1. The maximum atomic E-state index is 13.5. The van der Waals surface area contributed by atoms with Gasteiger partial charge >= 0.3 is 12.4 Å². The average Bonchev–Trinajstić information content (AvgIpc) is 2.88. The van der Waals surface area contributed by atoms with Gasteiger partial charge in [-0.2, -0.15) is 40.9 Å². The van der Waals surface area contributed by atoms with E-state index < -0.39 is 33.6 Å². The van der Waals surface area contributed by atoms with E-state index in [2.05, 4.69) is 15.3 Å². The lowest BCUT2D eigenvalue weighted by atomic mass is 10.2. The molecule has 8 nitrogen and oxygen atoms in total. The van der Waals surface area contributed by atoms with Crippen LogP contribution >= 0.6 is 0 Å². The number of nitriles is 1. The molecule has 1 aliphatic rings. The lowest BCUT2D eigenvalue weighted by Gasteiger charge is -2.34. The number of hydrogen-bond acceptors (Lipinski definition) is 7. The molecule has 38 heavy (non-hydrogen) atoms. The van der Waals surface area contributed by atoms with Crippen LogP contribution in [-0.4, -0.2) is 48.9 Å². The molecule has 15 heteroatoms. The predicted molar refractivity (Wildman–Crippen MR) is 124 cm³/mol. The van der Waals surface area contributed by atoms with Crippen LogP contribution in [-0.2, 0) is 22.4 Å². The Labute approximate surface area is 213 Å². The second-order valence-electron chi connectivity index (χ2n) is 8.16. The zero-order valence-corrected chi connectivity index (χ0v) is 20.1. The van der Waals surface area contributed by atoms with E-state index in [1.54, 1.807) is 0 Å². The van der Waals surface area contributed by atoms with Gasteiger partial charge in [0.1, 0.15) is 5.82 Å². The first-order chi connectivity index (χ1) is 17.8. The van der Waals surface area contributed by atoms with Crippen LogP contribution in [0.2, 0.25) is 0 Å². The maximum Gasteiger partial charge on any atom is 0.433 e. The first-order valence-electron chi connectivity index (χ1n) is 10.9. The summed E-state index contributed by atoms with van der Waals surface area (Å²) in [7, 11) is -4.13. The quantitative estimate of drug-likeness (QED) is 0.457. The van der Waals surface area contributed by atoms with Gasteiger partial charge in [-0.25, -0.2) is 13.4 Å². The van der Waals surface area contributed by atoms with Crippen LogP contribution in [0.3, 0.4) is 0 Å². The number of benzene rings is 2. The summed E-state index contributed by atoms with van der Waals surface area (Å²) in [6.45, 7) is -0.419. The van der Waals surface area contributed by atoms with Crippen molar-refractivity contribution in [1.82, 2.24) is 14.3 Å². The summed E-state index contributed by atoms with van der Waals surface area (Å²) in [5, 5.41) is 11.6. The number of aromatic nitrogens is 2. The third-order valence-corrected chi connectivity index (χ3v) is 7.54. The Morgan fingerprint density at radius 1 is 0.842 bits per heavy atom. The molecule has 2 aromatic carbocycles. The van der Waals surface area contributed by atoms with Gasteiger partial charge in [0.05, 0.1) is 22.1 Å². The largest absolute Gasteiger partial charge is 0.433 e. The van der Waals surface area contributed by atoms with E-state index in [-0.39, 0.29) is 42.8 Å². The van der Waals surface area contributed by atoms with Gasteiger partial charge in [-0.15, -0.1) is 0 Å². The number of rotatable bonds is 5. The number of anilines is 3. The molecular formula is C23H18F6N6O2S. The van der Waals surface area contributed by atoms with E-state index in [9.17, 15) is 34.8 Å². The van der Waals surface area contributed by atoms with Crippen LogP contribution < -0.4 is 10.2 Å². The molecule has 0 spiro atoms. The molecule has 1 N–H and O–H groups in total. The third-order valence-electron chi connectivity index (χ3n) is 5.63. The van der Waals surface area contributed by atoms with E-state index in [4.69, 9.17) is 5.26 Å². The Balaban J connectivity index is 1.52. The van der Waals surface area contributed by atoms with Crippen LogP contribution in [0.1, 0.15) is 16.8 Å². The second kappa shape index (κ2) is 10.1. The summed E-state index contributed by atoms with van der Waals surface area (Å²) in [5.74, 6) is -0.436. The van der Waals surface area contributed by atoms with Crippen LogP contribution in [0.5, 0.6) is 0 Å². The molecule has 2 heterocycles. The van der Waals surface area contributed by atoms with Crippen molar-refractivity contribution < 1.29 is 34.8 Å². The first-order valence-corrected chi connectivity index (χ1v) is 12.4. The highest BCUT2D eigenvalue weighted by Crippen LogP contribution is 2.32. The van der Waals surface area contributed by atoms with Crippen molar-refractivity contribution in [3.8, 4) is 6.07 Å². The van der Waals surface area contributed by atoms with Crippen LogP contribution in [0, 0.1) is 11.3 Å². The number of nitrogens with zero attached hydrogens (tertiary/aromatic N) is 5. The fourth-order valence-corrected chi connectivity index (χ4v) is 5.08. The summed E-state index contributed by atoms with van der Waals surface area (Å²) in [6, 6.07) is 11.7. The van der Waals surface area contributed by atoms with E-state index in [1.165, 1.54) is 29.2 Å². The lowest BCUT2D eigenvalue weighted by Crippen LogP contribution is -2.49. The first kappa shape index (κ1) is 27.1. The van der Waals surface area contributed by atoms with Gasteiger partial charge in [0.2, 0.25) is 16.0 Å². The minimum atomic E-state index is -4.79. The van der Waals surface area contributed by atoms with Crippen molar-refractivity contribution in [2.75, 3.05) is 36.4 Å². The molecule has 0 saturated carbocycles. The number of hydrogen-bond donors (Lipinski definition) is 1. The second-order valence-corrected chi connectivity index (χ2v) is 10.1. The normalized spacial score (nSPS) is 15.2. The maximum absolute atomic E-state index is 13.5. The van der Waals surface area contributed by atoms with Crippen molar-refractivity contribution >= 4 is 27.5 Å². The molecule has 3 aromatic rings. The van der Waals surface area contributed by atoms with Crippen molar-refractivity contribution in [1.29, 1.82) is 5.26 Å². The van der Waals surface area contributed by atoms with Crippen molar-refractivity contribution in [2.45, 2.75) is 17.2 Å². The molecular weight excluding hydrogens is 538 g/mol. The highest BCUT2D eigenvalue weighted by molar-refractivity contribution is 7.89. The van der Waals surface area contributed by atoms with E-state index >= 15 is 0 Å². The molecule has 1 fully saturated rings. The van der Waals surface area contributed by atoms with E-state index in [0.29, 0.717) is 23.4 Å². The number of halogens is 6. The van der Waals surface area contributed by atoms with Crippen LogP contribution in [0.15, 0.2) is 59.5 Å². The molecule has 1 saturated heterocycles. The van der Waals surface area contributed by atoms with Gasteiger partial charge in [0.25, 0.3) is 0 Å². The molecule has 0 radical (unpaired) electrons. The van der Waals surface area contributed by atoms with E-state index in [1.807, 2.05) is 6.07 Å². The summed E-state index contributed by atoms with van der Waals surface area (Å²) in [4.78, 5) is 8.81. The molecule has 1 aromatic heterocycles. The zero-order valence-electron chi connectivity index (χ0n) is 19.3.